The van der Waals surface area contributed by atoms with E-state index in [1.165, 1.54) is 12.1 Å². The Morgan fingerprint density at radius 1 is 1.20 bits per heavy atom. The van der Waals surface area contributed by atoms with Gasteiger partial charge in [0.1, 0.15) is 5.82 Å². The number of aliphatic hydroxyl groups is 1. The zero-order valence-corrected chi connectivity index (χ0v) is 11.9. The standard InChI is InChI=1S/C16H17ClFNO/c1-10-5-7-11(8-6-10)12(9-19)16(20)15-13(17)3-2-4-14(15)18/h2-8,12,16,20H,9,19H2,1H3. The molecule has 0 aliphatic rings. The zero-order chi connectivity index (χ0) is 14.7. The summed E-state index contributed by atoms with van der Waals surface area (Å²) in [6.07, 6.45) is -1.07. The molecule has 0 fully saturated rings. The predicted octanol–water partition coefficient (Wildman–Crippen LogP) is 3.56. The highest BCUT2D eigenvalue weighted by Gasteiger charge is 2.26. The summed E-state index contributed by atoms with van der Waals surface area (Å²) in [5, 5.41) is 10.7. The second-order valence-corrected chi connectivity index (χ2v) is 5.24. The largest absolute Gasteiger partial charge is 0.388 e. The summed E-state index contributed by atoms with van der Waals surface area (Å²) < 4.78 is 13.9. The van der Waals surface area contributed by atoms with Crippen molar-refractivity contribution in [2.75, 3.05) is 6.54 Å². The molecule has 0 saturated carbocycles. The number of hydrogen-bond donors (Lipinski definition) is 2. The highest BCUT2D eigenvalue weighted by atomic mass is 35.5. The molecule has 2 unspecified atom stereocenters. The van der Waals surface area contributed by atoms with Crippen molar-refractivity contribution >= 4 is 11.6 Å². The van der Waals surface area contributed by atoms with Crippen LogP contribution in [0.15, 0.2) is 42.5 Å². The van der Waals surface area contributed by atoms with Gasteiger partial charge in [-0.2, -0.15) is 0 Å². The van der Waals surface area contributed by atoms with Crippen molar-refractivity contribution in [2.45, 2.75) is 18.9 Å². The number of hydrogen-bond acceptors (Lipinski definition) is 2. The molecule has 106 valence electrons. The van der Waals surface area contributed by atoms with E-state index in [0.717, 1.165) is 11.1 Å². The molecule has 0 aromatic heterocycles. The van der Waals surface area contributed by atoms with Crippen LogP contribution in [0.2, 0.25) is 5.02 Å². The van der Waals surface area contributed by atoms with Gasteiger partial charge in [-0.15, -0.1) is 0 Å². The van der Waals surface area contributed by atoms with Crippen molar-refractivity contribution in [3.63, 3.8) is 0 Å². The van der Waals surface area contributed by atoms with E-state index in [1.54, 1.807) is 6.07 Å². The molecule has 3 N–H and O–H groups in total. The van der Waals surface area contributed by atoms with Crippen molar-refractivity contribution in [1.82, 2.24) is 0 Å². The summed E-state index contributed by atoms with van der Waals surface area (Å²) in [5.41, 5.74) is 7.84. The van der Waals surface area contributed by atoms with Crippen molar-refractivity contribution in [3.8, 4) is 0 Å². The van der Waals surface area contributed by atoms with Gasteiger partial charge in [0.25, 0.3) is 0 Å². The number of halogens is 2. The summed E-state index contributed by atoms with van der Waals surface area (Å²) >= 11 is 6.00. The molecule has 0 radical (unpaired) electrons. The van der Waals surface area contributed by atoms with Crippen LogP contribution in [0.3, 0.4) is 0 Å². The topological polar surface area (TPSA) is 46.2 Å². The third-order valence-electron chi connectivity index (χ3n) is 3.44. The predicted molar refractivity (Wildman–Crippen MR) is 79.3 cm³/mol. The molecule has 0 heterocycles. The molecule has 4 heteroatoms. The second kappa shape index (κ2) is 6.35. The van der Waals surface area contributed by atoms with Crippen LogP contribution in [-0.2, 0) is 0 Å². The second-order valence-electron chi connectivity index (χ2n) is 4.83. The molecule has 0 spiro atoms. The molecule has 0 amide bonds. The lowest BCUT2D eigenvalue weighted by atomic mass is 9.88. The lowest BCUT2D eigenvalue weighted by molar-refractivity contribution is 0.143. The van der Waals surface area contributed by atoms with Gasteiger partial charge in [0.2, 0.25) is 0 Å². The fourth-order valence-electron chi connectivity index (χ4n) is 2.26. The summed E-state index contributed by atoms with van der Waals surface area (Å²) in [4.78, 5) is 0. The lowest BCUT2D eigenvalue weighted by Gasteiger charge is -2.23. The third kappa shape index (κ3) is 3.01. The molecule has 2 aromatic carbocycles. The summed E-state index contributed by atoms with van der Waals surface area (Å²) in [6, 6.07) is 12.0. The van der Waals surface area contributed by atoms with Crippen molar-refractivity contribution in [2.24, 2.45) is 5.73 Å². The Bertz CT molecular complexity index is 565. The van der Waals surface area contributed by atoms with Crippen LogP contribution in [0.25, 0.3) is 0 Å². The molecule has 0 aliphatic heterocycles. The molecule has 0 aliphatic carbocycles. The van der Waals surface area contributed by atoms with E-state index in [-0.39, 0.29) is 17.1 Å². The number of nitrogens with two attached hydrogens (primary N) is 1. The number of benzene rings is 2. The molecule has 20 heavy (non-hydrogen) atoms. The highest BCUT2D eigenvalue weighted by molar-refractivity contribution is 6.31. The first-order chi connectivity index (χ1) is 9.54. The Hall–Kier alpha value is -1.42. The van der Waals surface area contributed by atoms with Gasteiger partial charge in [0.15, 0.2) is 0 Å². The molecular weight excluding hydrogens is 277 g/mol. The molecule has 2 aromatic rings. The maximum atomic E-state index is 13.9. The van der Waals surface area contributed by atoms with Gasteiger partial charge in [-0.1, -0.05) is 47.5 Å². The molecular formula is C16H17ClFNO. The van der Waals surface area contributed by atoms with Crippen LogP contribution in [0.1, 0.15) is 28.7 Å². The third-order valence-corrected chi connectivity index (χ3v) is 3.77. The van der Waals surface area contributed by atoms with Crippen LogP contribution in [0.5, 0.6) is 0 Å². The average Bonchev–Trinajstić information content (AvgIpc) is 2.41. The van der Waals surface area contributed by atoms with Gasteiger partial charge in [-0.05, 0) is 24.6 Å². The van der Waals surface area contributed by atoms with Gasteiger partial charge in [-0.3, -0.25) is 0 Å². The maximum Gasteiger partial charge on any atom is 0.130 e. The van der Waals surface area contributed by atoms with Gasteiger partial charge in [0.05, 0.1) is 6.10 Å². The Morgan fingerprint density at radius 2 is 1.85 bits per heavy atom. The van der Waals surface area contributed by atoms with Crippen molar-refractivity contribution in [3.05, 3.63) is 70.0 Å². The van der Waals surface area contributed by atoms with E-state index in [2.05, 4.69) is 0 Å². The van der Waals surface area contributed by atoms with Gasteiger partial charge < -0.3 is 10.8 Å². The first-order valence-electron chi connectivity index (χ1n) is 6.43. The Labute approximate surface area is 123 Å². The van der Waals surface area contributed by atoms with E-state index in [4.69, 9.17) is 17.3 Å². The Morgan fingerprint density at radius 3 is 2.40 bits per heavy atom. The molecule has 0 bridgehead atoms. The minimum absolute atomic E-state index is 0.102. The van der Waals surface area contributed by atoms with E-state index >= 15 is 0 Å². The summed E-state index contributed by atoms with van der Waals surface area (Å²) in [5.74, 6) is -0.916. The molecule has 2 atom stereocenters. The zero-order valence-electron chi connectivity index (χ0n) is 11.2. The number of rotatable bonds is 4. The SMILES string of the molecule is Cc1ccc(C(CN)C(O)c2c(F)cccc2Cl)cc1. The van der Waals surface area contributed by atoms with E-state index in [9.17, 15) is 9.50 Å². The van der Waals surface area contributed by atoms with Crippen LogP contribution in [-0.4, -0.2) is 11.7 Å². The fourth-order valence-corrected chi connectivity index (χ4v) is 2.53. The number of aryl methyl sites for hydroxylation is 1. The van der Waals surface area contributed by atoms with Gasteiger partial charge >= 0.3 is 0 Å². The maximum absolute atomic E-state index is 13.9. The monoisotopic (exact) mass is 293 g/mol. The Balaban J connectivity index is 2.39. The average molecular weight is 294 g/mol. The number of aliphatic hydroxyl groups excluding tert-OH is 1. The Kier molecular flexibility index (Phi) is 4.76. The minimum Gasteiger partial charge on any atom is -0.388 e. The van der Waals surface area contributed by atoms with Crippen LogP contribution < -0.4 is 5.73 Å². The van der Waals surface area contributed by atoms with E-state index in [1.807, 2.05) is 31.2 Å². The van der Waals surface area contributed by atoms with Crippen LogP contribution in [0, 0.1) is 12.7 Å². The summed E-state index contributed by atoms with van der Waals surface area (Å²) in [6.45, 7) is 2.18. The smallest absolute Gasteiger partial charge is 0.130 e. The quantitative estimate of drug-likeness (QED) is 0.905. The van der Waals surface area contributed by atoms with Crippen molar-refractivity contribution in [1.29, 1.82) is 0 Å². The van der Waals surface area contributed by atoms with Gasteiger partial charge in [-0.25, -0.2) is 4.39 Å². The minimum atomic E-state index is -1.07. The first-order valence-corrected chi connectivity index (χ1v) is 6.81. The van der Waals surface area contributed by atoms with Gasteiger partial charge in [0, 0.05) is 23.0 Å². The highest BCUT2D eigenvalue weighted by Crippen LogP contribution is 2.35. The first kappa shape index (κ1) is 15.0. The van der Waals surface area contributed by atoms with E-state index < -0.39 is 17.8 Å². The van der Waals surface area contributed by atoms with Crippen LogP contribution in [0.4, 0.5) is 4.39 Å². The molecule has 2 nitrogen and oxygen atoms in total. The normalized spacial score (nSPS) is 14.1. The van der Waals surface area contributed by atoms with E-state index in [0.29, 0.717) is 0 Å². The van der Waals surface area contributed by atoms with Crippen molar-refractivity contribution < 1.29 is 9.50 Å². The summed E-state index contributed by atoms with van der Waals surface area (Å²) in [7, 11) is 0. The molecule has 2 rings (SSSR count). The fraction of sp³-hybridized carbons (Fsp3) is 0.250. The molecule has 0 saturated heterocycles. The van der Waals surface area contributed by atoms with Crippen LogP contribution >= 0.6 is 11.6 Å². The lowest BCUT2D eigenvalue weighted by Crippen LogP contribution is -2.21.